The Morgan fingerprint density at radius 1 is 0.952 bits per heavy atom. The van der Waals surface area contributed by atoms with E-state index in [1.165, 1.54) is 36.0 Å². The Labute approximate surface area is 124 Å². The maximum absolute atomic E-state index is 10.5. The van der Waals surface area contributed by atoms with E-state index in [1.54, 1.807) is 0 Å². The van der Waals surface area contributed by atoms with Gasteiger partial charge < -0.3 is 14.6 Å². The zero-order valence-electron chi connectivity index (χ0n) is 11.8. The molecular formula is C18H18O3. The molecule has 3 nitrogen and oxygen atoms in total. The number of aryl methyl sites for hydroxylation is 2. The fourth-order valence-electron chi connectivity index (χ4n) is 3.21. The van der Waals surface area contributed by atoms with Crippen LogP contribution in [-0.4, -0.2) is 11.9 Å². The summed E-state index contributed by atoms with van der Waals surface area (Å²) in [6, 6.07) is 12.2. The molecular weight excluding hydrogens is 264 g/mol. The van der Waals surface area contributed by atoms with Crippen molar-refractivity contribution >= 4 is 0 Å². The third-order valence-electron chi connectivity index (χ3n) is 4.37. The quantitative estimate of drug-likeness (QED) is 0.939. The van der Waals surface area contributed by atoms with E-state index in [2.05, 4.69) is 18.2 Å². The van der Waals surface area contributed by atoms with E-state index in [4.69, 9.17) is 9.47 Å². The highest BCUT2D eigenvalue weighted by molar-refractivity contribution is 5.45. The van der Waals surface area contributed by atoms with Crippen molar-refractivity contribution < 1.29 is 14.6 Å². The number of fused-ring (bicyclic) bond motifs is 2. The lowest BCUT2D eigenvalue weighted by molar-refractivity contribution is 0.171. The molecule has 1 aliphatic heterocycles. The van der Waals surface area contributed by atoms with Crippen molar-refractivity contribution in [2.75, 3.05) is 6.79 Å². The van der Waals surface area contributed by atoms with Gasteiger partial charge in [0.15, 0.2) is 11.5 Å². The minimum Gasteiger partial charge on any atom is -0.454 e. The number of aliphatic hydroxyl groups excluding tert-OH is 1. The van der Waals surface area contributed by atoms with Crippen LogP contribution < -0.4 is 9.47 Å². The fourth-order valence-corrected chi connectivity index (χ4v) is 3.21. The van der Waals surface area contributed by atoms with Gasteiger partial charge in [-0.05, 0) is 53.6 Å². The molecule has 108 valence electrons. The summed E-state index contributed by atoms with van der Waals surface area (Å²) in [5, 5.41) is 10.5. The predicted octanol–water partition coefficient (Wildman–Crippen LogP) is 3.18. The zero-order chi connectivity index (χ0) is 14.2. The number of aliphatic hydroxyl groups is 1. The van der Waals surface area contributed by atoms with Crippen molar-refractivity contribution in [2.45, 2.75) is 31.8 Å². The number of rotatable bonds is 3. The molecule has 2 aromatic rings. The molecule has 4 rings (SSSR count). The lowest BCUT2D eigenvalue weighted by Gasteiger charge is -2.13. The van der Waals surface area contributed by atoms with Gasteiger partial charge >= 0.3 is 0 Å². The molecule has 1 heterocycles. The molecule has 1 aliphatic carbocycles. The molecule has 3 heteroatoms. The average molecular weight is 282 g/mol. The van der Waals surface area contributed by atoms with Crippen LogP contribution in [0, 0.1) is 0 Å². The molecule has 1 N–H and O–H groups in total. The smallest absolute Gasteiger partial charge is 0.231 e. The van der Waals surface area contributed by atoms with Crippen LogP contribution in [0.5, 0.6) is 11.5 Å². The van der Waals surface area contributed by atoms with Gasteiger partial charge in [0.1, 0.15) is 0 Å². The topological polar surface area (TPSA) is 38.7 Å². The normalized spacial score (nSPS) is 16.8. The van der Waals surface area contributed by atoms with E-state index in [0.717, 1.165) is 17.1 Å². The van der Waals surface area contributed by atoms with E-state index >= 15 is 0 Å². The van der Waals surface area contributed by atoms with E-state index in [1.807, 2.05) is 18.2 Å². The first kappa shape index (κ1) is 12.7. The summed E-state index contributed by atoms with van der Waals surface area (Å²) < 4.78 is 10.7. The molecule has 21 heavy (non-hydrogen) atoms. The molecule has 0 fully saturated rings. The second-order valence-electron chi connectivity index (χ2n) is 5.79. The SMILES string of the molecule is OC(Cc1ccc2c(c1)CCC2)c1ccc2c(c1)OCO2. The largest absolute Gasteiger partial charge is 0.454 e. The molecule has 0 bridgehead atoms. The van der Waals surface area contributed by atoms with Crippen LogP contribution in [0.1, 0.15) is 34.8 Å². The van der Waals surface area contributed by atoms with E-state index < -0.39 is 6.10 Å². The van der Waals surface area contributed by atoms with E-state index in [-0.39, 0.29) is 6.79 Å². The van der Waals surface area contributed by atoms with Gasteiger partial charge in [0.05, 0.1) is 6.10 Å². The van der Waals surface area contributed by atoms with Gasteiger partial charge in [-0.1, -0.05) is 24.3 Å². The van der Waals surface area contributed by atoms with Crippen molar-refractivity contribution in [3.8, 4) is 11.5 Å². The Hall–Kier alpha value is -2.00. The van der Waals surface area contributed by atoms with Gasteiger partial charge in [0, 0.05) is 6.42 Å². The van der Waals surface area contributed by atoms with Gasteiger partial charge in [-0.2, -0.15) is 0 Å². The van der Waals surface area contributed by atoms with Crippen molar-refractivity contribution in [2.24, 2.45) is 0 Å². The number of hydrogen-bond acceptors (Lipinski definition) is 3. The summed E-state index contributed by atoms with van der Waals surface area (Å²) in [7, 11) is 0. The molecule has 0 radical (unpaired) electrons. The molecule has 2 aliphatic rings. The molecule has 2 aromatic carbocycles. The van der Waals surface area contributed by atoms with E-state index in [9.17, 15) is 5.11 Å². The standard InChI is InChI=1S/C18H18O3/c19-16(15-6-7-17-18(10-15)21-11-20-17)9-12-4-5-13-2-1-3-14(13)8-12/h4-8,10,16,19H,1-3,9,11H2. The van der Waals surface area contributed by atoms with Crippen LogP contribution in [0.2, 0.25) is 0 Å². The Bertz CT molecular complexity index is 678. The molecule has 0 amide bonds. The van der Waals surface area contributed by atoms with Crippen molar-refractivity contribution in [1.82, 2.24) is 0 Å². The van der Waals surface area contributed by atoms with Crippen LogP contribution in [0.3, 0.4) is 0 Å². The minimum absolute atomic E-state index is 0.264. The zero-order valence-corrected chi connectivity index (χ0v) is 11.8. The van der Waals surface area contributed by atoms with Gasteiger partial charge in [-0.3, -0.25) is 0 Å². The van der Waals surface area contributed by atoms with Crippen LogP contribution in [0.25, 0.3) is 0 Å². The van der Waals surface area contributed by atoms with E-state index in [0.29, 0.717) is 6.42 Å². The maximum Gasteiger partial charge on any atom is 0.231 e. The number of benzene rings is 2. The summed E-state index contributed by atoms with van der Waals surface area (Å²) in [6.45, 7) is 0.264. The number of hydrogen-bond donors (Lipinski definition) is 1. The van der Waals surface area contributed by atoms with Crippen LogP contribution >= 0.6 is 0 Å². The molecule has 0 saturated carbocycles. The summed E-state index contributed by atoms with van der Waals surface area (Å²) in [6.07, 6.45) is 3.74. The third kappa shape index (κ3) is 2.38. The first-order valence-corrected chi connectivity index (χ1v) is 7.48. The van der Waals surface area contributed by atoms with Gasteiger partial charge in [0.2, 0.25) is 6.79 Å². The molecule has 0 aromatic heterocycles. The lowest BCUT2D eigenvalue weighted by atomic mass is 9.98. The Balaban J connectivity index is 1.54. The highest BCUT2D eigenvalue weighted by atomic mass is 16.7. The van der Waals surface area contributed by atoms with Crippen LogP contribution in [0.4, 0.5) is 0 Å². The van der Waals surface area contributed by atoms with Crippen LogP contribution in [0.15, 0.2) is 36.4 Å². The first-order valence-electron chi connectivity index (χ1n) is 7.48. The van der Waals surface area contributed by atoms with Crippen LogP contribution in [-0.2, 0) is 19.3 Å². The molecule has 0 spiro atoms. The summed E-state index contributed by atoms with van der Waals surface area (Å²) in [5.74, 6) is 1.48. The summed E-state index contributed by atoms with van der Waals surface area (Å²) in [5.41, 5.74) is 4.99. The number of ether oxygens (including phenoxy) is 2. The molecule has 0 saturated heterocycles. The predicted molar refractivity (Wildman–Crippen MR) is 79.7 cm³/mol. The monoisotopic (exact) mass is 282 g/mol. The highest BCUT2D eigenvalue weighted by Gasteiger charge is 2.18. The third-order valence-corrected chi connectivity index (χ3v) is 4.37. The summed E-state index contributed by atoms with van der Waals surface area (Å²) in [4.78, 5) is 0. The van der Waals surface area contributed by atoms with Crippen molar-refractivity contribution in [1.29, 1.82) is 0 Å². The Morgan fingerprint density at radius 2 is 1.81 bits per heavy atom. The minimum atomic E-state index is -0.515. The van der Waals surface area contributed by atoms with Gasteiger partial charge in [0.25, 0.3) is 0 Å². The second-order valence-corrected chi connectivity index (χ2v) is 5.79. The molecule has 1 unspecified atom stereocenters. The Morgan fingerprint density at radius 3 is 2.76 bits per heavy atom. The Kier molecular flexibility index (Phi) is 3.08. The first-order chi connectivity index (χ1) is 10.3. The van der Waals surface area contributed by atoms with Gasteiger partial charge in [-0.15, -0.1) is 0 Å². The lowest BCUT2D eigenvalue weighted by Crippen LogP contribution is -2.02. The molecule has 1 atom stereocenters. The van der Waals surface area contributed by atoms with Crippen molar-refractivity contribution in [3.05, 3.63) is 58.7 Å². The van der Waals surface area contributed by atoms with Gasteiger partial charge in [-0.25, -0.2) is 0 Å². The maximum atomic E-state index is 10.5. The second kappa shape index (κ2) is 5.08. The van der Waals surface area contributed by atoms with Crippen molar-refractivity contribution in [3.63, 3.8) is 0 Å². The summed E-state index contributed by atoms with van der Waals surface area (Å²) >= 11 is 0. The average Bonchev–Trinajstić information content (AvgIpc) is 3.14. The highest BCUT2D eigenvalue weighted by Crippen LogP contribution is 2.35. The fraction of sp³-hybridized carbons (Fsp3) is 0.333.